The normalized spacial score (nSPS) is 29.0. The lowest BCUT2D eigenvalue weighted by molar-refractivity contribution is 0.0295. The molecule has 0 saturated heterocycles. The van der Waals surface area contributed by atoms with Crippen molar-refractivity contribution in [2.24, 2.45) is 5.92 Å². The maximum absolute atomic E-state index is 12.9. The summed E-state index contributed by atoms with van der Waals surface area (Å²) in [6.45, 7) is 5.53. The summed E-state index contributed by atoms with van der Waals surface area (Å²) in [6, 6.07) is 13.8. The van der Waals surface area contributed by atoms with E-state index in [1.807, 2.05) is 30.3 Å². The van der Waals surface area contributed by atoms with Crippen molar-refractivity contribution in [3.63, 3.8) is 0 Å². The van der Waals surface area contributed by atoms with Crippen molar-refractivity contribution in [1.29, 1.82) is 0 Å². The summed E-state index contributed by atoms with van der Waals surface area (Å²) in [5.41, 5.74) is 2.86. The number of hydrogen-bond acceptors (Lipinski definition) is 5. The first-order chi connectivity index (χ1) is 15.5. The molecule has 2 aromatic carbocycles. The number of likely N-dealkylation sites (N-methyl/N-ethyl adjacent to an activating group) is 1. The van der Waals surface area contributed by atoms with Gasteiger partial charge in [-0.3, -0.25) is 0 Å². The largest absolute Gasteiger partial charge is 0.493 e. The van der Waals surface area contributed by atoms with E-state index in [2.05, 4.69) is 31.9 Å². The van der Waals surface area contributed by atoms with Gasteiger partial charge in [0.05, 0.1) is 12.7 Å². The van der Waals surface area contributed by atoms with Gasteiger partial charge in [-0.1, -0.05) is 31.2 Å². The summed E-state index contributed by atoms with van der Waals surface area (Å²) in [5.74, 6) is 2.20. The van der Waals surface area contributed by atoms with Gasteiger partial charge in [0.2, 0.25) is 0 Å². The fraction of sp³-hybridized carbons (Fsp3) is 0.444. The zero-order chi connectivity index (χ0) is 22.5. The van der Waals surface area contributed by atoms with Crippen LogP contribution < -0.4 is 9.47 Å². The topological polar surface area (TPSA) is 48.0 Å². The van der Waals surface area contributed by atoms with Gasteiger partial charge in [-0.05, 0) is 75.5 Å². The van der Waals surface area contributed by atoms with Gasteiger partial charge in [-0.15, -0.1) is 0 Å². The summed E-state index contributed by atoms with van der Waals surface area (Å²) in [4.78, 5) is 15.3. The molecule has 4 atom stereocenters. The highest BCUT2D eigenvalue weighted by Crippen LogP contribution is 2.59. The number of carbonyl (C=O) groups is 1. The highest BCUT2D eigenvalue weighted by atomic mass is 16.6. The van der Waals surface area contributed by atoms with Crippen LogP contribution in [0.1, 0.15) is 48.2 Å². The predicted molar refractivity (Wildman–Crippen MR) is 123 cm³/mol. The SMILES string of the molecule is COc1ccc2c3c1OC1C(OC(=O)c4ccccc4)=CCC(C)C31CCN(C)C(C)C2. The van der Waals surface area contributed by atoms with E-state index in [-0.39, 0.29) is 17.5 Å². The first kappa shape index (κ1) is 21.1. The zero-order valence-electron chi connectivity index (χ0n) is 19.3. The number of rotatable bonds is 3. The lowest BCUT2D eigenvalue weighted by atomic mass is 9.60. The lowest BCUT2D eigenvalue weighted by Gasteiger charge is -2.45. The molecule has 5 heteroatoms. The number of nitrogens with zero attached hydrogens (tertiary/aromatic N) is 1. The van der Waals surface area contributed by atoms with Gasteiger partial charge in [-0.2, -0.15) is 0 Å². The Balaban J connectivity index is 1.61. The minimum absolute atomic E-state index is 0.255. The molecule has 2 heterocycles. The van der Waals surface area contributed by atoms with Crippen molar-refractivity contribution in [1.82, 2.24) is 4.90 Å². The van der Waals surface area contributed by atoms with Crippen LogP contribution >= 0.6 is 0 Å². The number of allylic oxidation sites excluding steroid dienone is 1. The van der Waals surface area contributed by atoms with E-state index in [9.17, 15) is 4.79 Å². The molecule has 168 valence electrons. The number of hydrogen-bond donors (Lipinski definition) is 0. The van der Waals surface area contributed by atoms with E-state index in [4.69, 9.17) is 14.2 Å². The van der Waals surface area contributed by atoms with E-state index in [0.29, 0.717) is 23.3 Å². The van der Waals surface area contributed by atoms with Crippen LogP contribution in [-0.2, 0) is 16.6 Å². The van der Waals surface area contributed by atoms with E-state index < -0.39 is 0 Å². The Morgan fingerprint density at radius 2 is 1.94 bits per heavy atom. The maximum Gasteiger partial charge on any atom is 0.343 e. The van der Waals surface area contributed by atoms with Crippen LogP contribution in [0.15, 0.2) is 54.3 Å². The second-order valence-corrected chi connectivity index (χ2v) is 9.45. The molecule has 5 rings (SSSR count). The number of carbonyl (C=O) groups excluding carboxylic acids is 1. The van der Waals surface area contributed by atoms with Gasteiger partial charge in [-0.25, -0.2) is 4.79 Å². The Morgan fingerprint density at radius 1 is 1.16 bits per heavy atom. The molecule has 0 radical (unpaired) electrons. The van der Waals surface area contributed by atoms with Gasteiger partial charge < -0.3 is 19.1 Å². The molecule has 1 spiro atoms. The van der Waals surface area contributed by atoms with E-state index in [1.54, 1.807) is 19.2 Å². The van der Waals surface area contributed by atoms with Crippen molar-refractivity contribution < 1.29 is 19.0 Å². The molecule has 0 fully saturated rings. The lowest BCUT2D eigenvalue weighted by Crippen LogP contribution is -2.51. The summed E-state index contributed by atoms with van der Waals surface area (Å²) in [6.07, 6.45) is 4.44. The fourth-order valence-corrected chi connectivity index (χ4v) is 5.74. The van der Waals surface area contributed by atoms with Crippen LogP contribution in [0.3, 0.4) is 0 Å². The highest BCUT2D eigenvalue weighted by Gasteiger charge is 2.58. The molecular weight excluding hydrogens is 402 g/mol. The third-order valence-electron chi connectivity index (χ3n) is 7.77. The third kappa shape index (κ3) is 3.14. The summed E-state index contributed by atoms with van der Waals surface area (Å²) in [5, 5.41) is 0. The predicted octanol–water partition coefficient (Wildman–Crippen LogP) is 4.74. The smallest absolute Gasteiger partial charge is 0.343 e. The molecular formula is C27H31NO4. The van der Waals surface area contributed by atoms with Crippen molar-refractivity contribution in [2.45, 2.75) is 50.7 Å². The van der Waals surface area contributed by atoms with Crippen LogP contribution in [0.4, 0.5) is 0 Å². The van der Waals surface area contributed by atoms with Crippen molar-refractivity contribution in [3.8, 4) is 11.5 Å². The molecule has 3 aliphatic rings. The minimum atomic E-state index is -0.343. The Hall–Kier alpha value is -2.79. The maximum atomic E-state index is 12.9. The van der Waals surface area contributed by atoms with E-state index in [0.717, 1.165) is 37.3 Å². The third-order valence-corrected chi connectivity index (χ3v) is 7.77. The molecule has 0 amide bonds. The molecule has 2 aromatic rings. The molecule has 1 aliphatic carbocycles. The van der Waals surface area contributed by atoms with Gasteiger partial charge in [0.25, 0.3) is 0 Å². The van der Waals surface area contributed by atoms with Crippen LogP contribution in [0.25, 0.3) is 0 Å². The van der Waals surface area contributed by atoms with Crippen LogP contribution in [0.2, 0.25) is 0 Å². The molecule has 5 nitrogen and oxygen atoms in total. The quantitative estimate of drug-likeness (QED) is 0.655. The molecule has 0 saturated carbocycles. The second-order valence-electron chi connectivity index (χ2n) is 9.45. The first-order valence-corrected chi connectivity index (χ1v) is 11.5. The standard InChI is InChI=1S/C27H31NO4/c1-17-10-12-22(31-26(29)19-8-6-5-7-9-19)25-27(17)14-15-28(3)18(2)16-20-11-13-21(30-4)24(32-25)23(20)27/h5-9,11-13,17-18,25H,10,14-16H2,1-4H3. The van der Waals surface area contributed by atoms with Gasteiger partial charge in [0.1, 0.15) is 5.76 Å². The number of ether oxygens (including phenoxy) is 3. The summed E-state index contributed by atoms with van der Waals surface area (Å²) in [7, 11) is 3.88. The number of benzene rings is 2. The van der Waals surface area contributed by atoms with Gasteiger partial charge in [0, 0.05) is 17.0 Å². The number of methoxy groups -OCH3 is 1. The average molecular weight is 434 g/mol. The summed E-state index contributed by atoms with van der Waals surface area (Å²) < 4.78 is 18.4. The van der Waals surface area contributed by atoms with Gasteiger partial charge in [0.15, 0.2) is 17.6 Å². The molecule has 0 bridgehead atoms. The van der Waals surface area contributed by atoms with Crippen LogP contribution in [0.5, 0.6) is 11.5 Å². The first-order valence-electron chi connectivity index (χ1n) is 11.5. The molecule has 4 unspecified atom stereocenters. The monoisotopic (exact) mass is 433 g/mol. The van der Waals surface area contributed by atoms with Crippen LogP contribution in [-0.4, -0.2) is 43.7 Å². The zero-order valence-corrected chi connectivity index (χ0v) is 19.3. The van der Waals surface area contributed by atoms with Gasteiger partial charge >= 0.3 is 5.97 Å². The van der Waals surface area contributed by atoms with Crippen molar-refractivity contribution in [2.75, 3.05) is 20.7 Å². The molecule has 0 N–H and O–H groups in total. The minimum Gasteiger partial charge on any atom is -0.493 e. The second kappa shape index (κ2) is 7.96. The Kier molecular flexibility index (Phi) is 5.25. The summed E-state index contributed by atoms with van der Waals surface area (Å²) >= 11 is 0. The van der Waals surface area contributed by atoms with Crippen molar-refractivity contribution in [3.05, 3.63) is 71.0 Å². The number of esters is 1. The molecule has 32 heavy (non-hydrogen) atoms. The average Bonchev–Trinajstić information content (AvgIpc) is 3.17. The molecule has 0 aromatic heterocycles. The Labute approximate surface area is 190 Å². The Bertz CT molecular complexity index is 1060. The fourth-order valence-electron chi connectivity index (χ4n) is 5.74. The highest BCUT2D eigenvalue weighted by molar-refractivity contribution is 5.90. The Morgan fingerprint density at radius 3 is 2.69 bits per heavy atom. The van der Waals surface area contributed by atoms with Crippen molar-refractivity contribution >= 4 is 5.97 Å². The van der Waals surface area contributed by atoms with E-state index in [1.165, 1.54) is 11.1 Å². The van der Waals surface area contributed by atoms with Crippen LogP contribution in [0, 0.1) is 5.92 Å². The molecule has 2 aliphatic heterocycles. The van der Waals surface area contributed by atoms with E-state index >= 15 is 0 Å².